The van der Waals surface area contributed by atoms with Gasteiger partial charge in [-0.25, -0.2) is 0 Å². The van der Waals surface area contributed by atoms with Gasteiger partial charge in [-0.1, -0.05) is 61.5 Å². The minimum absolute atomic E-state index is 0. The van der Waals surface area contributed by atoms with Gasteiger partial charge >= 0.3 is 0 Å². The van der Waals surface area contributed by atoms with E-state index in [-0.39, 0.29) is 23.9 Å². The molecule has 0 unspecified atom stereocenters. The maximum Gasteiger partial charge on any atom is 0.228 e. The van der Waals surface area contributed by atoms with Crippen molar-refractivity contribution < 1.29 is 4.79 Å². The third kappa shape index (κ3) is 4.15. The first-order chi connectivity index (χ1) is 12.6. The average Bonchev–Trinajstić information content (AvgIpc) is 3.34. The van der Waals surface area contributed by atoms with Gasteiger partial charge in [0.05, 0.1) is 6.42 Å². The Hall–Kier alpha value is -2.36. The van der Waals surface area contributed by atoms with Crippen molar-refractivity contribution in [3.05, 3.63) is 77.9 Å². The Morgan fingerprint density at radius 1 is 1.07 bits per heavy atom. The number of anilines is 1. The standard InChI is InChI=1S/C23H24N2O.ClH/c1-2-23(24)15-21(23)18-9-11-20(12-10-18)25-22(26)14-16-7-8-17-5-3-4-6-19(17)13-16;/h3-13,21H,2,14-15,24H2,1H3,(H,25,26);1H/t21-,23-;/m0./s1. The van der Waals surface area contributed by atoms with Gasteiger partial charge in [0.1, 0.15) is 0 Å². The van der Waals surface area contributed by atoms with Crippen LogP contribution in [0, 0.1) is 0 Å². The van der Waals surface area contributed by atoms with Crippen molar-refractivity contribution in [1.29, 1.82) is 0 Å². The van der Waals surface area contributed by atoms with Crippen molar-refractivity contribution >= 4 is 34.8 Å². The summed E-state index contributed by atoms with van der Waals surface area (Å²) in [7, 11) is 0. The molecule has 4 heteroatoms. The van der Waals surface area contributed by atoms with Crippen molar-refractivity contribution in [3.8, 4) is 0 Å². The van der Waals surface area contributed by atoms with Crippen LogP contribution in [0.25, 0.3) is 10.8 Å². The molecule has 3 nitrogen and oxygen atoms in total. The Morgan fingerprint density at radius 3 is 2.44 bits per heavy atom. The quantitative estimate of drug-likeness (QED) is 0.651. The maximum absolute atomic E-state index is 12.4. The second-order valence-electron chi connectivity index (χ2n) is 7.37. The normalized spacial score (nSPS) is 20.7. The van der Waals surface area contributed by atoms with E-state index in [0.29, 0.717) is 12.3 Å². The lowest BCUT2D eigenvalue weighted by Crippen LogP contribution is -2.22. The highest BCUT2D eigenvalue weighted by molar-refractivity contribution is 5.93. The van der Waals surface area contributed by atoms with Crippen molar-refractivity contribution in [3.63, 3.8) is 0 Å². The summed E-state index contributed by atoms with van der Waals surface area (Å²) in [5.41, 5.74) is 9.39. The summed E-state index contributed by atoms with van der Waals surface area (Å²) in [6, 6.07) is 22.5. The van der Waals surface area contributed by atoms with Gasteiger partial charge in [0, 0.05) is 17.1 Å². The number of halogens is 1. The summed E-state index contributed by atoms with van der Waals surface area (Å²) in [5.74, 6) is 0.455. The van der Waals surface area contributed by atoms with E-state index in [2.05, 4.69) is 48.6 Å². The fourth-order valence-electron chi connectivity index (χ4n) is 3.70. The lowest BCUT2D eigenvalue weighted by atomic mass is 10.0. The van der Waals surface area contributed by atoms with Crippen LogP contribution in [0.5, 0.6) is 0 Å². The predicted octanol–water partition coefficient (Wildman–Crippen LogP) is 5.04. The molecule has 3 N–H and O–H groups in total. The van der Waals surface area contributed by atoms with Crippen LogP contribution >= 0.6 is 12.4 Å². The third-order valence-electron chi connectivity index (χ3n) is 5.55. The van der Waals surface area contributed by atoms with Gasteiger partial charge in [-0.3, -0.25) is 4.79 Å². The highest BCUT2D eigenvalue weighted by Crippen LogP contribution is 2.51. The number of carbonyl (C=O) groups is 1. The lowest BCUT2D eigenvalue weighted by Gasteiger charge is -2.10. The van der Waals surface area contributed by atoms with Crippen LogP contribution in [-0.4, -0.2) is 11.4 Å². The van der Waals surface area contributed by atoms with Crippen LogP contribution in [-0.2, 0) is 11.2 Å². The van der Waals surface area contributed by atoms with Crippen molar-refractivity contribution in [2.75, 3.05) is 5.32 Å². The van der Waals surface area contributed by atoms with E-state index in [9.17, 15) is 4.79 Å². The lowest BCUT2D eigenvalue weighted by molar-refractivity contribution is -0.115. The molecule has 1 fully saturated rings. The molecule has 0 heterocycles. The fraction of sp³-hybridized carbons (Fsp3) is 0.261. The van der Waals surface area contributed by atoms with Crippen molar-refractivity contribution in [1.82, 2.24) is 0 Å². The number of carbonyl (C=O) groups excluding carboxylic acids is 1. The van der Waals surface area contributed by atoms with Crippen LogP contribution in [0.1, 0.15) is 36.8 Å². The number of hydrogen-bond acceptors (Lipinski definition) is 2. The van der Waals surface area contributed by atoms with Gasteiger partial charge in [0.25, 0.3) is 0 Å². The third-order valence-corrected chi connectivity index (χ3v) is 5.55. The second-order valence-corrected chi connectivity index (χ2v) is 7.37. The van der Waals surface area contributed by atoms with E-state index in [0.717, 1.165) is 29.5 Å². The first kappa shape index (κ1) is 19.4. The molecule has 140 valence electrons. The second kappa shape index (κ2) is 7.71. The number of nitrogens with one attached hydrogen (secondary N) is 1. The molecule has 0 bridgehead atoms. The summed E-state index contributed by atoms with van der Waals surface area (Å²) in [4.78, 5) is 12.4. The van der Waals surface area contributed by atoms with Crippen molar-refractivity contribution in [2.24, 2.45) is 5.73 Å². The van der Waals surface area contributed by atoms with Gasteiger partial charge in [-0.15, -0.1) is 12.4 Å². The van der Waals surface area contributed by atoms with Crippen LogP contribution in [0.3, 0.4) is 0 Å². The van der Waals surface area contributed by atoms with Crippen LogP contribution in [0.4, 0.5) is 5.69 Å². The molecular weight excluding hydrogens is 356 g/mol. The molecule has 1 amide bonds. The summed E-state index contributed by atoms with van der Waals surface area (Å²) < 4.78 is 0. The average molecular weight is 381 g/mol. The van der Waals surface area contributed by atoms with Gasteiger partial charge in [-0.05, 0) is 46.9 Å². The van der Waals surface area contributed by atoms with Gasteiger partial charge in [0.2, 0.25) is 5.91 Å². The molecule has 0 spiro atoms. The minimum Gasteiger partial charge on any atom is -0.326 e. The smallest absolute Gasteiger partial charge is 0.228 e. The molecule has 0 aliphatic heterocycles. The summed E-state index contributed by atoms with van der Waals surface area (Å²) in [5, 5.41) is 5.34. The van der Waals surface area contributed by atoms with E-state index in [1.165, 1.54) is 10.9 Å². The minimum atomic E-state index is -0.0269. The Labute approximate surface area is 166 Å². The Kier molecular flexibility index (Phi) is 5.54. The number of rotatable bonds is 5. The van der Waals surface area contributed by atoms with Crippen molar-refractivity contribution in [2.45, 2.75) is 37.6 Å². The first-order valence-corrected chi connectivity index (χ1v) is 9.24. The van der Waals surface area contributed by atoms with Gasteiger partial charge in [0.15, 0.2) is 0 Å². The number of benzene rings is 3. The zero-order valence-corrected chi connectivity index (χ0v) is 16.3. The Balaban J connectivity index is 0.00000210. The fourth-order valence-corrected chi connectivity index (χ4v) is 3.70. The number of amides is 1. The van der Waals surface area contributed by atoms with E-state index >= 15 is 0 Å². The number of nitrogens with two attached hydrogens (primary N) is 1. The molecule has 1 aliphatic carbocycles. The monoisotopic (exact) mass is 380 g/mol. The molecule has 0 radical (unpaired) electrons. The largest absolute Gasteiger partial charge is 0.326 e. The molecule has 1 aliphatic rings. The molecule has 1 saturated carbocycles. The molecular formula is C23H25ClN2O. The molecule has 0 saturated heterocycles. The molecule has 0 aromatic heterocycles. The zero-order valence-electron chi connectivity index (χ0n) is 15.4. The topological polar surface area (TPSA) is 55.1 Å². The Bertz CT molecular complexity index is 954. The predicted molar refractivity (Wildman–Crippen MR) is 115 cm³/mol. The summed E-state index contributed by atoms with van der Waals surface area (Å²) in [6.07, 6.45) is 2.43. The van der Waals surface area contributed by atoms with Crippen LogP contribution in [0.15, 0.2) is 66.7 Å². The van der Waals surface area contributed by atoms with Gasteiger partial charge in [-0.2, -0.15) is 0 Å². The summed E-state index contributed by atoms with van der Waals surface area (Å²) >= 11 is 0. The Morgan fingerprint density at radius 2 is 1.78 bits per heavy atom. The van der Waals surface area contributed by atoms with Crippen LogP contribution in [0.2, 0.25) is 0 Å². The first-order valence-electron chi connectivity index (χ1n) is 9.24. The molecule has 3 aromatic rings. The molecule has 2 atom stereocenters. The van der Waals surface area contributed by atoms with E-state index in [1.54, 1.807) is 0 Å². The van der Waals surface area contributed by atoms with E-state index < -0.39 is 0 Å². The number of fused-ring (bicyclic) bond motifs is 1. The zero-order chi connectivity index (χ0) is 18.1. The molecule has 3 aromatic carbocycles. The highest BCUT2D eigenvalue weighted by atomic mass is 35.5. The maximum atomic E-state index is 12.4. The number of hydrogen-bond donors (Lipinski definition) is 2. The van der Waals surface area contributed by atoms with E-state index in [1.807, 2.05) is 30.3 Å². The van der Waals surface area contributed by atoms with Crippen LogP contribution < -0.4 is 11.1 Å². The molecule has 4 rings (SSSR count). The van der Waals surface area contributed by atoms with E-state index in [4.69, 9.17) is 5.73 Å². The SMILES string of the molecule is CC[C@]1(N)C[C@H]1c1ccc(NC(=O)Cc2ccc3ccccc3c2)cc1.Cl. The van der Waals surface area contributed by atoms with Gasteiger partial charge < -0.3 is 11.1 Å². The molecule has 27 heavy (non-hydrogen) atoms. The summed E-state index contributed by atoms with van der Waals surface area (Å²) in [6.45, 7) is 2.14. The highest BCUT2D eigenvalue weighted by Gasteiger charge is 2.49.